The number of hydrogen-bond donors (Lipinski definition) is 4. The van der Waals surface area contributed by atoms with E-state index in [4.69, 9.17) is 16.2 Å². The van der Waals surface area contributed by atoms with Crippen LogP contribution in [0.5, 0.6) is 5.75 Å². The van der Waals surface area contributed by atoms with Gasteiger partial charge in [0, 0.05) is 25.2 Å². The summed E-state index contributed by atoms with van der Waals surface area (Å²) in [5.74, 6) is -0.574. The van der Waals surface area contributed by atoms with E-state index < -0.39 is 11.8 Å². The molecular weight excluding hydrogens is 504 g/mol. The summed E-state index contributed by atoms with van der Waals surface area (Å²) in [5.41, 5.74) is 13.1. The van der Waals surface area contributed by atoms with Gasteiger partial charge < -0.3 is 26.1 Å². The molecule has 0 aliphatic rings. The molecule has 3 amide bonds. The van der Waals surface area contributed by atoms with Gasteiger partial charge >= 0.3 is 0 Å². The Bertz CT molecular complexity index is 1570. The molecular formula is C25H28N10O4. The van der Waals surface area contributed by atoms with E-state index in [2.05, 4.69) is 30.7 Å². The van der Waals surface area contributed by atoms with Crippen LogP contribution in [0.3, 0.4) is 0 Å². The Morgan fingerprint density at radius 2 is 1.87 bits per heavy atom. The first-order chi connectivity index (χ1) is 18.7. The molecule has 0 spiro atoms. The lowest BCUT2D eigenvalue weighted by atomic mass is 10.1. The monoisotopic (exact) mass is 532 g/mol. The van der Waals surface area contributed by atoms with Gasteiger partial charge in [-0.15, -0.1) is 0 Å². The van der Waals surface area contributed by atoms with Crippen molar-refractivity contribution in [2.75, 3.05) is 24.3 Å². The molecule has 0 saturated heterocycles. The summed E-state index contributed by atoms with van der Waals surface area (Å²) >= 11 is 0. The lowest BCUT2D eigenvalue weighted by Crippen LogP contribution is -2.20. The highest BCUT2D eigenvalue weighted by molar-refractivity contribution is 6.04. The number of fused-ring (bicyclic) bond motifs is 1. The molecule has 202 valence electrons. The van der Waals surface area contributed by atoms with Gasteiger partial charge in [0.2, 0.25) is 11.9 Å². The molecule has 0 fully saturated rings. The number of methoxy groups -OCH3 is 1. The molecule has 14 nitrogen and oxygen atoms in total. The summed E-state index contributed by atoms with van der Waals surface area (Å²) in [5, 5.41) is 10.3. The van der Waals surface area contributed by atoms with Crippen LogP contribution < -0.4 is 26.8 Å². The minimum Gasteiger partial charge on any atom is -0.494 e. The molecule has 0 bridgehead atoms. The molecule has 0 radical (unpaired) electrons. The summed E-state index contributed by atoms with van der Waals surface area (Å²) in [6.07, 6.45) is 6.41. The Morgan fingerprint density at radius 1 is 1.08 bits per heavy atom. The smallest absolute Gasteiger partial charge is 0.276 e. The molecule has 0 aliphatic carbocycles. The van der Waals surface area contributed by atoms with Gasteiger partial charge in [0.05, 0.1) is 30.7 Å². The molecule has 0 atom stereocenters. The first kappa shape index (κ1) is 26.8. The maximum Gasteiger partial charge on any atom is 0.276 e. The van der Waals surface area contributed by atoms with Gasteiger partial charge in [-0.25, -0.2) is 15.0 Å². The predicted octanol–water partition coefficient (Wildman–Crippen LogP) is 1.48. The van der Waals surface area contributed by atoms with E-state index in [9.17, 15) is 14.4 Å². The number of nitrogens with one attached hydrogen (secondary N) is 2. The van der Waals surface area contributed by atoms with Crippen LogP contribution in [0.15, 0.2) is 42.7 Å². The number of amides is 3. The van der Waals surface area contributed by atoms with Crippen molar-refractivity contribution in [2.24, 2.45) is 11.5 Å². The van der Waals surface area contributed by atoms with Gasteiger partial charge in [0.25, 0.3) is 11.8 Å². The second kappa shape index (κ2) is 11.4. The van der Waals surface area contributed by atoms with Crippen LogP contribution in [-0.2, 0) is 13.1 Å². The van der Waals surface area contributed by atoms with Crippen molar-refractivity contribution in [1.82, 2.24) is 29.3 Å². The van der Waals surface area contributed by atoms with Crippen LogP contribution in [0.1, 0.15) is 44.0 Å². The summed E-state index contributed by atoms with van der Waals surface area (Å²) in [6.45, 7) is 4.93. The van der Waals surface area contributed by atoms with Crippen molar-refractivity contribution in [2.45, 2.75) is 26.9 Å². The number of hydrogen-bond acceptors (Lipinski definition) is 9. The number of aromatic nitrogens is 6. The van der Waals surface area contributed by atoms with Crippen LogP contribution in [0, 0.1) is 6.92 Å². The van der Waals surface area contributed by atoms with Crippen molar-refractivity contribution in [3.05, 3.63) is 65.4 Å². The zero-order chi connectivity index (χ0) is 28.1. The Balaban J connectivity index is 1.61. The van der Waals surface area contributed by atoms with E-state index >= 15 is 0 Å². The van der Waals surface area contributed by atoms with E-state index in [1.807, 2.05) is 26.0 Å². The molecule has 3 aromatic heterocycles. The number of imidazole rings is 1. The maximum atomic E-state index is 13.2. The van der Waals surface area contributed by atoms with Gasteiger partial charge in [0.1, 0.15) is 28.5 Å². The molecule has 0 saturated carbocycles. The fourth-order valence-electron chi connectivity index (χ4n) is 3.91. The van der Waals surface area contributed by atoms with Crippen LogP contribution in [0.2, 0.25) is 0 Å². The number of anilines is 2. The molecule has 0 unspecified atom stereocenters. The molecule has 1 aromatic carbocycles. The van der Waals surface area contributed by atoms with Gasteiger partial charge in [-0.05, 0) is 32.0 Å². The number of rotatable bonds is 11. The SMILES string of the molecule is CCn1nc(C)cc1C(=O)Nc1nc2cc(C(N)=O)cc(OC)c2n1C/C=C/CNc1cnc(C(N)=O)cn1. The van der Waals surface area contributed by atoms with E-state index in [1.165, 1.54) is 25.6 Å². The van der Waals surface area contributed by atoms with Crippen molar-refractivity contribution in [1.29, 1.82) is 0 Å². The zero-order valence-corrected chi connectivity index (χ0v) is 21.6. The summed E-state index contributed by atoms with van der Waals surface area (Å²) in [7, 11) is 1.47. The second-order valence-corrected chi connectivity index (χ2v) is 8.40. The predicted molar refractivity (Wildman–Crippen MR) is 144 cm³/mol. The Labute approximate surface area is 223 Å². The Kier molecular flexibility index (Phi) is 7.84. The highest BCUT2D eigenvalue weighted by Crippen LogP contribution is 2.31. The van der Waals surface area contributed by atoms with Crippen molar-refractivity contribution >= 4 is 40.5 Å². The lowest BCUT2D eigenvalue weighted by Gasteiger charge is -2.11. The molecule has 4 rings (SSSR count). The summed E-state index contributed by atoms with van der Waals surface area (Å²) < 4.78 is 8.90. The third-order valence-electron chi connectivity index (χ3n) is 5.73. The molecule has 14 heteroatoms. The fraction of sp³-hybridized carbons (Fsp3) is 0.240. The van der Waals surface area contributed by atoms with Crippen LogP contribution in [0.25, 0.3) is 11.0 Å². The number of nitrogens with zero attached hydrogens (tertiary/aromatic N) is 6. The van der Waals surface area contributed by atoms with Crippen molar-refractivity contribution in [3.63, 3.8) is 0 Å². The number of ether oxygens (including phenoxy) is 1. The standard InChI is InChI=1S/C25H28N10O4/c1-4-35-18(9-14(2)33-35)24(38)32-25-31-16-10-15(22(26)36)11-19(39-3)21(16)34(25)8-6-5-7-28-20-13-29-17(12-30-20)23(27)37/h5-6,9-13H,4,7-8H2,1-3H3,(H2,26,36)(H2,27,37)(H,28,30)(H,31,32,38)/b6-5+. The van der Waals surface area contributed by atoms with E-state index in [-0.39, 0.29) is 23.1 Å². The molecule has 0 aliphatic heterocycles. The average molecular weight is 533 g/mol. The van der Waals surface area contributed by atoms with E-state index in [0.29, 0.717) is 53.6 Å². The zero-order valence-electron chi connectivity index (χ0n) is 21.6. The van der Waals surface area contributed by atoms with Gasteiger partial charge in [0.15, 0.2) is 0 Å². The topological polar surface area (TPSA) is 198 Å². The average Bonchev–Trinajstić information content (AvgIpc) is 3.47. The third kappa shape index (κ3) is 5.84. The number of allylic oxidation sites excluding steroid dienone is 1. The van der Waals surface area contributed by atoms with E-state index in [1.54, 1.807) is 21.4 Å². The number of carbonyl (C=O) groups excluding carboxylic acids is 3. The molecule has 3 heterocycles. The lowest BCUT2D eigenvalue weighted by molar-refractivity contribution is 0.0989. The highest BCUT2D eigenvalue weighted by atomic mass is 16.5. The minimum atomic E-state index is -0.655. The van der Waals surface area contributed by atoms with Gasteiger partial charge in [-0.3, -0.25) is 24.4 Å². The van der Waals surface area contributed by atoms with Crippen molar-refractivity contribution in [3.8, 4) is 5.75 Å². The first-order valence-corrected chi connectivity index (χ1v) is 12.0. The quantitative estimate of drug-likeness (QED) is 0.207. The van der Waals surface area contributed by atoms with Crippen LogP contribution >= 0.6 is 0 Å². The molecule has 4 aromatic rings. The van der Waals surface area contributed by atoms with Crippen molar-refractivity contribution < 1.29 is 19.1 Å². The van der Waals surface area contributed by atoms with Gasteiger partial charge in [-0.2, -0.15) is 5.10 Å². The second-order valence-electron chi connectivity index (χ2n) is 8.40. The number of carbonyl (C=O) groups is 3. The highest BCUT2D eigenvalue weighted by Gasteiger charge is 2.21. The Morgan fingerprint density at radius 3 is 2.51 bits per heavy atom. The molecule has 6 N–H and O–H groups in total. The fourth-order valence-corrected chi connectivity index (χ4v) is 3.91. The summed E-state index contributed by atoms with van der Waals surface area (Å²) in [4.78, 5) is 48.8. The Hall–Kier alpha value is -5.27. The third-order valence-corrected chi connectivity index (χ3v) is 5.73. The minimum absolute atomic E-state index is 0.0724. The number of nitrogens with two attached hydrogens (primary N) is 2. The summed E-state index contributed by atoms with van der Waals surface area (Å²) in [6, 6.07) is 4.78. The number of aryl methyl sites for hydroxylation is 2. The number of primary amides is 2. The largest absolute Gasteiger partial charge is 0.494 e. The first-order valence-electron chi connectivity index (χ1n) is 12.0. The van der Waals surface area contributed by atoms with Gasteiger partial charge in [-0.1, -0.05) is 12.2 Å². The van der Waals surface area contributed by atoms with Crippen LogP contribution in [-0.4, -0.2) is 60.7 Å². The normalized spacial score (nSPS) is 11.2. The maximum absolute atomic E-state index is 13.2. The molecule has 39 heavy (non-hydrogen) atoms. The van der Waals surface area contributed by atoms with E-state index in [0.717, 1.165) is 0 Å². The number of benzene rings is 1. The van der Waals surface area contributed by atoms with Crippen LogP contribution in [0.4, 0.5) is 11.8 Å².